The summed E-state index contributed by atoms with van der Waals surface area (Å²) in [6, 6.07) is 7.40. The van der Waals surface area contributed by atoms with Crippen molar-refractivity contribution < 1.29 is 13.9 Å². The van der Waals surface area contributed by atoms with Gasteiger partial charge in [-0.3, -0.25) is 4.90 Å². The molecular weight excluding hydrogens is 271 g/mol. The first-order valence-corrected chi connectivity index (χ1v) is 7.70. The van der Waals surface area contributed by atoms with Crippen molar-refractivity contribution in [3.05, 3.63) is 30.1 Å². The number of nitrogens with two attached hydrogens (primary N) is 1. The maximum Gasteiger partial charge on any atom is 0.123 e. The number of hydrogen-bond donors (Lipinski definition) is 1. The Balaban J connectivity index is 1.44. The Kier molecular flexibility index (Phi) is 4.73. The number of rotatable bonds is 5. The van der Waals surface area contributed by atoms with Crippen LogP contribution in [0, 0.1) is 5.82 Å². The van der Waals surface area contributed by atoms with E-state index in [0.29, 0.717) is 24.7 Å². The van der Waals surface area contributed by atoms with Crippen molar-refractivity contribution in [3.8, 4) is 5.75 Å². The molecule has 5 heteroatoms. The van der Waals surface area contributed by atoms with Crippen LogP contribution in [-0.4, -0.2) is 49.4 Å². The molecule has 3 rings (SSSR count). The minimum atomic E-state index is -0.236. The van der Waals surface area contributed by atoms with Gasteiger partial charge < -0.3 is 15.2 Å². The van der Waals surface area contributed by atoms with E-state index in [1.54, 1.807) is 12.1 Å². The molecule has 2 atom stereocenters. The summed E-state index contributed by atoms with van der Waals surface area (Å²) in [4.78, 5) is 2.53. The highest BCUT2D eigenvalue weighted by molar-refractivity contribution is 5.21. The van der Waals surface area contributed by atoms with Gasteiger partial charge in [0.25, 0.3) is 0 Å². The highest BCUT2D eigenvalue weighted by atomic mass is 19.1. The number of ether oxygens (including phenoxy) is 2. The lowest BCUT2D eigenvalue weighted by Gasteiger charge is -2.47. The molecule has 21 heavy (non-hydrogen) atoms. The summed E-state index contributed by atoms with van der Waals surface area (Å²) in [6.07, 6.45) is 3.00. The summed E-state index contributed by atoms with van der Waals surface area (Å²) in [6.45, 7) is 3.24. The fraction of sp³-hybridized carbons (Fsp3) is 0.625. The van der Waals surface area contributed by atoms with Gasteiger partial charge in [-0.15, -0.1) is 0 Å². The fourth-order valence-electron chi connectivity index (χ4n) is 3.36. The van der Waals surface area contributed by atoms with E-state index in [9.17, 15) is 4.39 Å². The highest BCUT2D eigenvalue weighted by Crippen LogP contribution is 2.26. The van der Waals surface area contributed by atoms with Gasteiger partial charge in [0.2, 0.25) is 0 Å². The number of fused-ring (bicyclic) bond motifs is 2. The van der Waals surface area contributed by atoms with Crippen LogP contribution in [0.25, 0.3) is 0 Å². The molecule has 2 aliphatic rings. The summed E-state index contributed by atoms with van der Waals surface area (Å²) in [5.41, 5.74) is 6.09. The summed E-state index contributed by atoms with van der Waals surface area (Å²) in [5.74, 6) is 0.487. The highest BCUT2D eigenvalue weighted by Gasteiger charge is 2.37. The van der Waals surface area contributed by atoms with Crippen LogP contribution < -0.4 is 10.5 Å². The molecule has 0 aliphatic carbocycles. The van der Waals surface area contributed by atoms with Crippen molar-refractivity contribution in [1.29, 1.82) is 0 Å². The lowest BCUT2D eigenvalue weighted by Crippen LogP contribution is -2.59. The molecule has 2 bridgehead atoms. The summed E-state index contributed by atoms with van der Waals surface area (Å²) < 4.78 is 24.1. The quantitative estimate of drug-likeness (QED) is 0.841. The Bertz CT molecular complexity index is 440. The molecule has 2 unspecified atom stereocenters. The third kappa shape index (κ3) is 3.73. The van der Waals surface area contributed by atoms with Crippen molar-refractivity contribution >= 4 is 0 Å². The third-order valence-corrected chi connectivity index (χ3v) is 4.35. The van der Waals surface area contributed by atoms with Crippen molar-refractivity contribution in [1.82, 2.24) is 4.90 Å². The molecule has 4 nitrogen and oxygen atoms in total. The number of piperidine rings is 1. The first-order valence-electron chi connectivity index (χ1n) is 7.70. The first kappa shape index (κ1) is 14.8. The second-order valence-corrected chi connectivity index (χ2v) is 5.97. The van der Waals surface area contributed by atoms with Gasteiger partial charge in [0, 0.05) is 24.7 Å². The van der Waals surface area contributed by atoms with E-state index >= 15 is 0 Å². The monoisotopic (exact) mass is 294 g/mol. The van der Waals surface area contributed by atoms with E-state index in [-0.39, 0.29) is 5.82 Å². The predicted molar refractivity (Wildman–Crippen MR) is 78.8 cm³/mol. The molecule has 0 aromatic heterocycles. The standard InChI is InChI=1S/C16H23FN2O2/c17-12-2-4-16(5-3-12)21-7-1-6-19-14-8-13(18)9-15(19)11-20-10-14/h2-5,13-15H,1,6-11,18H2. The van der Waals surface area contributed by atoms with Crippen LogP contribution in [0.1, 0.15) is 19.3 Å². The van der Waals surface area contributed by atoms with E-state index in [4.69, 9.17) is 15.2 Å². The zero-order valence-electron chi connectivity index (χ0n) is 12.2. The van der Waals surface area contributed by atoms with Gasteiger partial charge in [-0.1, -0.05) is 0 Å². The van der Waals surface area contributed by atoms with Gasteiger partial charge in [-0.2, -0.15) is 0 Å². The van der Waals surface area contributed by atoms with Gasteiger partial charge in [0.05, 0.1) is 19.8 Å². The number of morpholine rings is 1. The Morgan fingerprint density at radius 2 is 1.86 bits per heavy atom. The molecule has 0 amide bonds. The van der Waals surface area contributed by atoms with Crippen molar-refractivity contribution in [2.24, 2.45) is 5.73 Å². The normalized spacial score (nSPS) is 29.3. The second kappa shape index (κ2) is 6.73. The van der Waals surface area contributed by atoms with Crippen molar-refractivity contribution in [3.63, 3.8) is 0 Å². The largest absolute Gasteiger partial charge is 0.494 e. The third-order valence-electron chi connectivity index (χ3n) is 4.35. The predicted octanol–water partition coefficient (Wildman–Crippen LogP) is 1.79. The van der Waals surface area contributed by atoms with Crippen LogP contribution in [0.15, 0.2) is 24.3 Å². The maximum absolute atomic E-state index is 12.8. The van der Waals surface area contributed by atoms with Crippen LogP contribution in [0.2, 0.25) is 0 Å². The number of benzene rings is 1. The topological polar surface area (TPSA) is 47.7 Å². The molecular formula is C16H23FN2O2. The van der Waals surface area contributed by atoms with Crippen LogP contribution in [0.3, 0.4) is 0 Å². The zero-order valence-corrected chi connectivity index (χ0v) is 12.2. The van der Waals surface area contributed by atoms with Crippen LogP contribution in [0.4, 0.5) is 4.39 Å². The molecule has 2 N–H and O–H groups in total. The average molecular weight is 294 g/mol. The van der Waals surface area contributed by atoms with Crippen molar-refractivity contribution in [2.45, 2.75) is 37.4 Å². The van der Waals surface area contributed by atoms with Crippen LogP contribution in [0.5, 0.6) is 5.75 Å². The van der Waals surface area contributed by atoms with Gasteiger partial charge in [-0.05, 0) is 43.5 Å². The first-order chi connectivity index (χ1) is 10.2. The lowest BCUT2D eigenvalue weighted by atomic mass is 9.90. The van der Waals surface area contributed by atoms with E-state index in [2.05, 4.69) is 4.90 Å². The van der Waals surface area contributed by atoms with E-state index < -0.39 is 0 Å². The smallest absolute Gasteiger partial charge is 0.123 e. The molecule has 2 fully saturated rings. The molecule has 2 aliphatic heterocycles. The number of hydrogen-bond acceptors (Lipinski definition) is 4. The molecule has 0 spiro atoms. The Labute approximate surface area is 125 Å². The molecule has 2 saturated heterocycles. The van der Waals surface area contributed by atoms with E-state index in [1.165, 1.54) is 12.1 Å². The van der Waals surface area contributed by atoms with E-state index in [0.717, 1.165) is 44.8 Å². The van der Waals surface area contributed by atoms with Crippen LogP contribution >= 0.6 is 0 Å². The average Bonchev–Trinajstić information content (AvgIpc) is 2.46. The molecule has 2 heterocycles. The molecule has 0 saturated carbocycles. The minimum Gasteiger partial charge on any atom is -0.494 e. The van der Waals surface area contributed by atoms with Gasteiger partial charge in [-0.25, -0.2) is 4.39 Å². The summed E-state index contributed by atoms with van der Waals surface area (Å²) in [5, 5.41) is 0. The summed E-state index contributed by atoms with van der Waals surface area (Å²) >= 11 is 0. The Morgan fingerprint density at radius 3 is 2.52 bits per heavy atom. The minimum absolute atomic E-state index is 0.236. The van der Waals surface area contributed by atoms with Gasteiger partial charge in [0.1, 0.15) is 11.6 Å². The molecule has 1 aromatic rings. The number of halogens is 1. The molecule has 1 aromatic carbocycles. The summed E-state index contributed by atoms with van der Waals surface area (Å²) in [7, 11) is 0. The van der Waals surface area contributed by atoms with E-state index in [1.807, 2.05) is 0 Å². The Morgan fingerprint density at radius 1 is 1.19 bits per heavy atom. The second-order valence-electron chi connectivity index (χ2n) is 5.97. The lowest BCUT2D eigenvalue weighted by molar-refractivity contribution is -0.0786. The molecule has 116 valence electrons. The molecule has 0 radical (unpaired) electrons. The van der Waals surface area contributed by atoms with Crippen molar-refractivity contribution in [2.75, 3.05) is 26.4 Å². The fourth-order valence-corrected chi connectivity index (χ4v) is 3.36. The van der Waals surface area contributed by atoms with Gasteiger partial charge >= 0.3 is 0 Å². The SMILES string of the molecule is NC1CC2COCC(C1)N2CCCOc1ccc(F)cc1. The van der Waals surface area contributed by atoms with Crippen LogP contribution in [-0.2, 0) is 4.74 Å². The zero-order chi connectivity index (χ0) is 14.7. The number of nitrogens with zero attached hydrogens (tertiary/aromatic N) is 1. The Hall–Kier alpha value is -1.17. The van der Waals surface area contributed by atoms with Gasteiger partial charge in [0.15, 0.2) is 0 Å². The maximum atomic E-state index is 12.8.